The number of fused-ring (bicyclic) bond motifs is 2. The van der Waals surface area contributed by atoms with Crippen molar-refractivity contribution in [2.45, 2.75) is 43.9 Å². The summed E-state index contributed by atoms with van der Waals surface area (Å²) in [6.07, 6.45) is -2.92. The summed E-state index contributed by atoms with van der Waals surface area (Å²) >= 11 is -1.97. The summed E-state index contributed by atoms with van der Waals surface area (Å²) < 4.78 is 46.1. The molecule has 0 aliphatic rings. The molecule has 6 heteroatoms. The Balaban J connectivity index is 1.83. The molecule has 0 saturated heterocycles. The Labute approximate surface area is 216 Å². The van der Waals surface area contributed by atoms with Gasteiger partial charge in [0.15, 0.2) is 0 Å². The monoisotopic (exact) mass is 565 g/mol. The van der Waals surface area contributed by atoms with Crippen molar-refractivity contribution in [1.82, 2.24) is 4.98 Å². The second-order valence-corrected chi connectivity index (χ2v) is 21.7. The van der Waals surface area contributed by atoms with Gasteiger partial charge in [0.2, 0.25) is 0 Å². The number of nitrogens with zero attached hydrogens (tertiary/aromatic N) is 1. The van der Waals surface area contributed by atoms with Gasteiger partial charge in [-0.05, 0) is 0 Å². The van der Waals surface area contributed by atoms with Crippen LogP contribution in [0.4, 0.5) is 13.2 Å². The van der Waals surface area contributed by atoms with Crippen LogP contribution in [0.2, 0.25) is 11.5 Å². The second kappa shape index (κ2) is 8.74. The van der Waals surface area contributed by atoms with Gasteiger partial charge in [-0.25, -0.2) is 0 Å². The first kappa shape index (κ1) is 25.0. The molecule has 0 spiro atoms. The zero-order chi connectivity index (χ0) is 25.9. The molecule has 0 aliphatic heterocycles. The number of rotatable bonds is 3. The van der Waals surface area contributed by atoms with Crippen LogP contribution in [-0.4, -0.2) is 18.3 Å². The molecule has 1 nitrogen and oxygen atoms in total. The first-order valence-corrected chi connectivity index (χ1v) is 19.1. The van der Waals surface area contributed by atoms with Crippen molar-refractivity contribution in [3.05, 3.63) is 90.1 Å². The third-order valence-electron chi connectivity index (χ3n) is 6.89. The van der Waals surface area contributed by atoms with E-state index >= 15 is 0 Å². The number of thiophene rings is 1. The van der Waals surface area contributed by atoms with Crippen LogP contribution in [0.1, 0.15) is 31.9 Å². The maximum atomic E-state index is 14.6. The van der Waals surface area contributed by atoms with Gasteiger partial charge in [-0.15, -0.1) is 0 Å². The first-order valence-electron chi connectivity index (χ1n) is 12.0. The Morgan fingerprint density at radius 3 is 2.14 bits per heavy atom. The molecule has 0 amide bonds. The summed E-state index contributed by atoms with van der Waals surface area (Å²) in [7, 11) is 0. The molecular weight excluding hydrogens is 536 g/mol. The van der Waals surface area contributed by atoms with E-state index in [1.807, 2.05) is 42.5 Å². The van der Waals surface area contributed by atoms with Gasteiger partial charge in [-0.3, -0.25) is 0 Å². The number of benzene rings is 3. The van der Waals surface area contributed by atoms with Crippen LogP contribution in [-0.2, 0) is 11.6 Å². The fourth-order valence-corrected chi connectivity index (χ4v) is 13.8. The van der Waals surface area contributed by atoms with Crippen LogP contribution in [0.15, 0.2) is 79.0 Å². The van der Waals surface area contributed by atoms with Crippen molar-refractivity contribution in [2.24, 2.45) is 0 Å². The van der Waals surface area contributed by atoms with Crippen molar-refractivity contribution in [3.63, 3.8) is 0 Å². The molecule has 0 saturated carbocycles. The fraction of sp³-hybridized carbons (Fsp3) is 0.233. The molecular formula is C30H28F3GeNS. The molecule has 0 fully saturated rings. The van der Waals surface area contributed by atoms with Crippen LogP contribution in [0.25, 0.3) is 32.1 Å². The number of alkyl halides is 3. The topological polar surface area (TPSA) is 12.9 Å². The Morgan fingerprint density at radius 2 is 1.47 bits per heavy atom. The quantitative estimate of drug-likeness (QED) is 0.201. The standard InChI is InChI=1S/C30H28F3GeNS/c1-29(2,3)24-18-20(17-19-11-9-10-14-22(19)24)26-27-23(15-16-35-26)25(30(31,32)33)28(36-27)34(4,5)21-12-7-6-8-13-21/h6-18H,1-5H3. The van der Waals surface area contributed by atoms with E-state index in [-0.39, 0.29) is 10.8 Å². The number of aromatic nitrogens is 1. The van der Waals surface area contributed by atoms with E-state index in [1.165, 1.54) is 23.6 Å². The zero-order valence-electron chi connectivity index (χ0n) is 21.0. The van der Waals surface area contributed by atoms with Crippen LogP contribution < -0.4 is 8.11 Å². The molecule has 0 N–H and O–H groups in total. The molecule has 0 radical (unpaired) electrons. The van der Waals surface area contributed by atoms with Gasteiger partial charge in [0.1, 0.15) is 0 Å². The minimum absolute atomic E-state index is 0.133. The van der Waals surface area contributed by atoms with Gasteiger partial charge >= 0.3 is 217 Å². The van der Waals surface area contributed by atoms with E-state index in [0.717, 1.165) is 26.3 Å². The Morgan fingerprint density at radius 1 is 0.806 bits per heavy atom. The van der Waals surface area contributed by atoms with Gasteiger partial charge < -0.3 is 0 Å². The van der Waals surface area contributed by atoms with E-state index < -0.39 is 25.0 Å². The predicted molar refractivity (Wildman–Crippen MR) is 149 cm³/mol. The van der Waals surface area contributed by atoms with Crippen LogP contribution in [0.3, 0.4) is 0 Å². The molecule has 3 aromatic carbocycles. The average molecular weight is 564 g/mol. The number of halogens is 3. The summed E-state index contributed by atoms with van der Waals surface area (Å²) in [6, 6.07) is 23.6. The van der Waals surface area contributed by atoms with Gasteiger partial charge in [-0.2, -0.15) is 0 Å². The van der Waals surface area contributed by atoms with Gasteiger partial charge in [0.25, 0.3) is 0 Å². The van der Waals surface area contributed by atoms with E-state index in [2.05, 4.69) is 61.5 Å². The first-order chi connectivity index (χ1) is 16.9. The summed E-state index contributed by atoms with van der Waals surface area (Å²) in [6.45, 7) is 6.48. The fourth-order valence-electron chi connectivity index (χ4n) is 5.00. The Hall–Kier alpha value is -2.64. The van der Waals surface area contributed by atoms with Crippen molar-refractivity contribution >= 4 is 53.6 Å². The number of hydrogen-bond acceptors (Lipinski definition) is 2. The molecule has 0 aliphatic carbocycles. The van der Waals surface area contributed by atoms with Crippen molar-refractivity contribution < 1.29 is 13.2 Å². The molecule has 2 aromatic heterocycles. The third-order valence-corrected chi connectivity index (χ3v) is 17.8. The van der Waals surface area contributed by atoms with Crippen molar-refractivity contribution in [3.8, 4) is 11.3 Å². The zero-order valence-corrected chi connectivity index (χ0v) is 23.9. The average Bonchev–Trinajstić information content (AvgIpc) is 3.25. The van der Waals surface area contributed by atoms with Gasteiger partial charge in [0, 0.05) is 0 Å². The molecule has 5 aromatic rings. The molecule has 36 heavy (non-hydrogen) atoms. The predicted octanol–water partition coefficient (Wildman–Crippen LogP) is 8.26. The van der Waals surface area contributed by atoms with Crippen molar-refractivity contribution in [2.75, 3.05) is 0 Å². The summed E-state index contributed by atoms with van der Waals surface area (Å²) in [5, 5.41) is 2.48. The molecule has 0 bridgehead atoms. The molecule has 0 atom stereocenters. The SMILES string of the molecule is CC(C)(C)c1cc(-c2nccc3c(C(F)(F)F)[c]([Ge]([CH3])([CH3])[c]4ccccc4)sc23)cc2ccccc12. The van der Waals surface area contributed by atoms with E-state index in [0.29, 0.717) is 14.1 Å². The van der Waals surface area contributed by atoms with Gasteiger partial charge in [-0.1, -0.05) is 0 Å². The minimum atomic E-state index is -4.44. The molecule has 2 heterocycles. The number of hydrogen-bond donors (Lipinski definition) is 0. The Kier molecular flexibility index (Phi) is 6.07. The summed E-state index contributed by atoms with van der Waals surface area (Å²) in [5.41, 5.74) is 2.03. The van der Waals surface area contributed by atoms with Crippen molar-refractivity contribution in [1.29, 1.82) is 0 Å². The molecule has 184 valence electrons. The van der Waals surface area contributed by atoms with E-state index in [4.69, 9.17) is 0 Å². The van der Waals surface area contributed by atoms with Crippen LogP contribution in [0.5, 0.6) is 0 Å². The van der Waals surface area contributed by atoms with Crippen LogP contribution >= 0.6 is 11.3 Å². The normalized spacial score (nSPS) is 13.0. The maximum absolute atomic E-state index is 14.6. The molecule has 0 unspecified atom stereocenters. The van der Waals surface area contributed by atoms with E-state index in [1.54, 1.807) is 0 Å². The molecule has 5 rings (SSSR count). The van der Waals surface area contributed by atoms with Crippen LogP contribution in [0, 0.1) is 0 Å². The van der Waals surface area contributed by atoms with Gasteiger partial charge in [0.05, 0.1) is 0 Å². The summed E-state index contributed by atoms with van der Waals surface area (Å²) in [4.78, 5) is 4.66. The summed E-state index contributed by atoms with van der Waals surface area (Å²) in [5.74, 6) is 4.10. The number of pyridine rings is 1. The third kappa shape index (κ3) is 4.26. The second-order valence-electron chi connectivity index (χ2n) is 10.8. The Bertz CT molecular complexity index is 1580. The van der Waals surface area contributed by atoms with E-state index in [9.17, 15) is 13.2 Å².